The molecule has 1 atom stereocenters. The highest BCUT2D eigenvalue weighted by molar-refractivity contribution is 7.89. The quantitative estimate of drug-likeness (QED) is 0.364. The summed E-state index contributed by atoms with van der Waals surface area (Å²) in [6.07, 6.45) is 9.19. The molecular weight excluding hydrogens is 505 g/mol. The number of halogens is 1. The highest BCUT2D eigenvalue weighted by atomic mass is 32.2. The summed E-state index contributed by atoms with van der Waals surface area (Å²) >= 11 is 0. The maximum Gasteiger partial charge on any atom is 0.244 e. The Morgan fingerprint density at radius 1 is 1.13 bits per heavy atom. The number of carbonyl (C=O) groups is 1. The zero-order valence-electron chi connectivity index (χ0n) is 21.0. The summed E-state index contributed by atoms with van der Waals surface area (Å²) in [5.41, 5.74) is 3.27. The minimum Gasteiger partial charge on any atom is -0.356 e. The number of pyridine rings is 1. The predicted molar refractivity (Wildman–Crippen MR) is 140 cm³/mol. The summed E-state index contributed by atoms with van der Waals surface area (Å²) in [5.74, 6) is -0.545. The van der Waals surface area contributed by atoms with E-state index in [0.29, 0.717) is 17.8 Å². The monoisotopic (exact) mass is 531 g/mol. The largest absolute Gasteiger partial charge is 0.356 e. The highest BCUT2D eigenvalue weighted by Crippen LogP contribution is 2.47. The Morgan fingerprint density at radius 3 is 2.63 bits per heavy atom. The smallest absolute Gasteiger partial charge is 0.244 e. The van der Waals surface area contributed by atoms with Gasteiger partial charge >= 0.3 is 0 Å². The first-order valence-corrected chi connectivity index (χ1v) is 13.7. The lowest BCUT2D eigenvalue weighted by molar-refractivity contribution is 0.0770. The molecule has 1 aliphatic carbocycles. The number of nitrogens with zero attached hydrogens (tertiary/aromatic N) is 5. The molecule has 1 fully saturated rings. The van der Waals surface area contributed by atoms with Crippen molar-refractivity contribution >= 4 is 21.9 Å². The van der Waals surface area contributed by atoms with Gasteiger partial charge in [-0.3, -0.25) is 9.78 Å². The maximum atomic E-state index is 14.2. The van der Waals surface area contributed by atoms with Crippen molar-refractivity contribution in [1.82, 2.24) is 23.6 Å². The number of hydrogen-bond acceptors (Lipinski definition) is 5. The molecule has 2 aliphatic rings. The van der Waals surface area contributed by atoms with Gasteiger partial charge in [-0.1, -0.05) is 5.57 Å². The Morgan fingerprint density at radius 2 is 1.92 bits per heavy atom. The maximum absolute atomic E-state index is 14.2. The zero-order valence-corrected chi connectivity index (χ0v) is 21.8. The molecule has 1 aromatic carbocycles. The van der Waals surface area contributed by atoms with E-state index < -0.39 is 15.4 Å². The van der Waals surface area contributed by atoms with Crippen LogP contribution in [-0.2, 0) is 23.5 Å². The van der Waals surface area contributed by atoms with Crippen molar-refractivity contribution in [2.75, 3.05) is 13.1 Å². The minimum atomic E-state index is -3.82. The number of carbonyl (C=O) groups excluding carboxylic acids is 1. The van der Waals surface area contributed by atoms with Gasteiger partial charge in [0.25, 0.3) is 0 Å². The molecule has 0 bridgehead atoms. The summed E-state index contributed by atoms with van der Waals surface area (Å²) in [6, 6.07) is 11.2. The van der Waals surface area contributed by atoms with Gasteiger partial charge in [0.15, 0.2) is 5.78 Å². The second-order valence-electron chi connectivity index (χ2n) is 10.0. The molecule has 38 heavy (non-hydrogen) atoms. The Kier molecular flexibility index (Phi) is 5.69. The van der Waals surface area contributed by atoms with Crippen LogP contribution in [0, 0.1) is 18.2 Å². The van der Waals surface area contributed by atoms with Gasteiger partial charge < -0.3 is 4.57 Å². The van der Waals surface area contributed by atoms with Crippen LogP contribution < -0.4 is 0 Å². The Labute approximate surface area is 220 Å². The van der Waals surface area contributed by atoms with Gasteiger partial charge in [-0.2, -0.15) is 9.40 Å². The Bertz CT molecular complexity index is 1700. The van der Waals surface area contributed by atoms with E-state index in [0.717, 1.165) is 22.4 Å². The molecule has 4 heterocycles. The van der Waals surface area contributed by atoms with E-state index in [2.05, 4.69) is 10.1 Å². The molecule has 4 aromatic rings. The number of aryl methyl sites for hydroxylation is 2. The van der Waals surface area contributed by atoms with Crippen LogP contribution in [0.1, 0.15) is 33.7 Å². The number of piperidine rings is 1. The van der Waals surface area contributed by atoms with Gasteiger partial charge in [0.1, 0.15) is 11.5 Å². The third-order valence-corrected chi connectivity index (χ3v) is 9.31. The van der Waals surface area contributed by atoms with Crippen LogP contribution in [0.15, 0.2) is 77.7 Å². The standard InChI is InChI=1S/C28H26FN5O3S/c1-19-7-10-30-25(13-19)27(35)28-15-20-16-31-34(23-5-3-22(29)4-6-23)26(20)14-21(28)8-12-33(18-28)38(36,37)24-9-11-32(2)17-24/h3-7,9-11,13-14,16-17H,8,12,15,18H2,1-2H3/t28-/m0/s1. The number of hydrogen-bond donors (Lipinski definition) is 0. The van der Waals surface area contributed by atoms with Crippen molar-refractivity contribution in [2.24, 2.45) is 12.5 Å². The molecule has 1 saturated heterocycles. The van der Waals surface area contributed by atoms with E-state index >= 15 is 0 Å². The van der Waals surface area contributed by atoms with Crippen molar-refractivity contribution in [3.63, 3.8) is 0 Å². The topological polar surface area (TPSA) is 90.1 Å². The van der Waals surface area contributed by atoms with Crippen LogP contribution in [0.25, 0.3) is 11.8 Å². The molecule has 0 spiro atoms. The van der Waals surface area contributed by atoms with Crippen LogP contribution in [0.4, 0.5) is 4.39 Å². The van der Waals surface area contributed by atoms with E-state index in [1.165, 1.54) is 16.4 Å². The van der Waals surface area contributed by atoms with Gasteiger partial charge in [0.2, 0.25) is 10.0 Å². The molecule has 0 radical (unpaired) electrons. The van der Waals surface area contributed by atoms with Crippen LogP contribution in [0.2, 0.25) is 0 Å². The number of aromatic nitrogens is 4. The van der Waals surface area contributed by atoms with E-state index in [1.54, 1.807) is 65.3 Å². The summed E-state index contributed by atoms with van der Waals surface area (Å²) in [4.78, 5) is 18.8. The first-order chi connectivity index (χ1) is 18.2. The first-order valence-electron chi connectivity index (χ1n) is 12.3. The second-order valence-corrected chi connectivity index (χ2v) is 12.0. The lowest BCUT2D eigenvalue weighted by Crippen LogP contribution is -2.53. The predicted octanol–water partition coefficient (Wildman–Crippen LogP) is 3.96. The zero-order chi connectivity index (χ0) is 26.7. The summed E-state index contributed by atoms with van der Waals surface area (Å²) in [6.45, 7) is 2.15. The van der Waals surface area contributed by atoms with Crippen molar-refractivity contribution in [1.29, 1.82) is 0 Å². The van der Waals surface area contributed by atoms with Crippen LogP contribution in [0.5, 0.6) is 0 Å². The molecule has 8 nitrogen and oxygen atoms in total. The SMILES string of the molecule is Cc1ccnc(C(=O)[C@]23Cc4cnn(-c5ccc(F)cc5)c4C=C2CCN(S(=O)(=O)c2ccn(C)c2)C3)c1. The van der Waals surface area contributed by atoms with Crippen molar-refractivity contribution in [3.05, 3.63) is 101 Å². The third-order valence-electron chi connectivity index (χ3n) is 7.48. The molecule has 0 amide bonds. The van der Waals surface area contributed by atoms with E-state index in [4.69, 9.17) is 0 Å². The van der Waals surface area contributed by atoms with Gasteiger partial charge in [-0.05, 0) is 79.4 Å². The van der Waals surface area contributed by atoms with E-state index in [9.17, 15) is 17.6 Å². The summed E-state index contributed by atoms with van der Waals surface area (Å²) in [7, 11) is -2.05. The highest BCUT2D eigenvalue weighted by Gasteiger charge is 2.51. The van der Waals surface area contributed by atoms with Gasteiger partial charge in [0.05, 0.1) is 27.9 Å². The van der Waals surface area contributed by atoms with Crippen LogP contribution in [0.3, 0.4) is 0 Å². The fraction of sp³-hybridized carbons (Fsp3) is 0.250. The lowest BCUT2D eigenvalue weighted by atomic mass is 9.65. The van der Waals surface area contributed by atoms with E-state index in [1.807, 2.05) is 19.1 Å². The minimum absolute atomic E-state index is 0.00564. The van der Waals surface area contributed by atoms with Gasteiger partial charge in [-0.15, -0.1) is 0 Å². The summed E-state index contributed by atoms with van der Waals surface area (Å²) in [5, 5.41) is 4.54. The fourth-order valence-electron chi connectivity index (χ4n) is 5.49. The number of Topliss-reactive ketones (excluding diaryl/α,β-unsaturated/α-hetero) is 1. The first kappa shape index (κ1) is 24.4. The van der Waals surface area contributed by atoms with Crippen molar-refractivity contribution < 1.29 is 17.6 Å². The van der Waals surface area contributed by atoms with Crippen LogP contribution in [-0.4, -0.2) is 50.9 Å². The average molecular weight is 532 g/mol. The van der Waals surface area contributed by atoms with Crippen molar-refractivity contribution in [2.45, 2.75) is 24.7 Å². The van der Waals surface area contributed by atoms with Gasteiger partial charge in [-0.25, -0.2) is 17.5 Å². The van der Waals surface area contributed by atoms with E-state index in [-0.39, 0.29) is 36.0 Å². The number of sulfonamides is 1. The number of fused-ring (bicyclic) bond motifs is 2. The molecule has 0 saturated carbocycles. The molecule has 194 valence electrons. The van der Waals surface area contributed by atoms with Crippen LogP contribution >= 0.6 is 0 Å². The summed E-state index contributed by atoms with van der Waals surface area (Å²) < 4.78 is 45.6. The second kappa shape index (κ2) is 8.85. The molecular formula is C28H26FN5O3S. The normalized spacial score (nSPS) is 19.5. The molecule has 0 unspecified atom stereocenters. The third kappa shape index (κ3) is 3.91. The van der Waals surface area contributed by atoms with Crippen molar-refractivity contribution in [3.8, 4) is 5.69 Å². The number of ketones is 1. The lowest BCUT2D eigenvalue weighted by Gasteiger charge is -2.44. The van der Waals surface area contributed by atoms with Gasteiger partial charge in [0, 0.05) is 38.7 Å². The molecule has 1 aliphatic heterocycles. The number of benzene rings is 1. The molecule has 10 heteroatoms. The fourth-order valence-corrected chi connectivity index (χ4v) is 7.05. The Hall–Kier alpha value is -3.89. The molecule has 6 rings (SSSR count). The Balaban J connectivity index is 1.46. The molecule has 3 aromatic heterocycles. The number of rotatable bonds is 5. The molecule has 0 N–H and O–H groups in total. The average Bonchev–Trinajstić information content (AvgIpc) is 3.53.